The maximum Gasteiger partial charge on any atom is 0.307 e. The van der Waals surface area contributed by atoms with Crippen molar-refractivity contribution >= 4 is 29.2 Å². The van der Waals surface area contributed by atoms with Crippen LogP contribution in [0.3, 0.4) is 0 Å². The zero-order valence-corrected chi connectivity index (χ0v) is 28.3. The van der Waals surface area contributed by atoms with Gasteiger partial charge >= 0.3 is 5.97 Å². The van der Waals surface area contributed by atoms with E-state index in [2.05, 4.69) is 9.97 Å². The van der Waals surface area contributed by atoms with Gasteiger partial charge in [-0.15, -0.1) is 0 Å². The van der Waals surface area contributed by atoms with Crippen LogP contribution in [-0.2, 0) is 29.8 Å². The quantitative estimate of drug-likeness (QED) is 0.285. The van der Waals surface area contributed by atoms with Crippen molar-refractivity contribution in [3.63, 3.8) is 0 Å². The summed E-state index contributed by atoms with van der Waals surface area (Å²) < 4.78 is 55.7. The summed E-state index contributed by atoms with van der Waals surface area (Å²) in [5.41, 5.74) is -1.27. The van der Waals surface area contributed by atoms with Gasteiger partial charge in [-0.2, -0.15) is 8.78 Å². The molecule has 4 aliphatic rings. The lowest BCUT2D eigenvalue weighted by atomic mass is 9.69. The number of ether oxygens (including phenoxy) is 4. The van der Waals surface area contributed by atoms with Crippen LogP contribution in [0.2, 0.25) is 0 Å². The second-order valence-electron chi connectivity index (χ2n) is 14.7. The summed E-state index contributed by atoms with van der Waals surface area (Å²) in [6.07, 6.45) is 4.21. The first-order valence-corrected chi connectivity index (χ1v) is 17.3. The fraction of sp³-hybridized carbons (Fsp3) is 0.694. The number of nitrogens with zero attached hydrogens (tertiary/aromatic N) is 3. The number of fused-ring (bicyclic) bond motifs is 5. The fourth-order valence-corrected chi connectivity index (χ4v) is 8.31. The number of hydrogen-bond acceptors (Lipinski definition) is 9. The highest BCUT2D eigenvalue weighted by Gasteiger charge is 2.51. The van der Waals surface area contributed by atoms with Gasteiger partial charge in [-0.05, 0) is 75.3 Å². The van der Waals surface area contributed by atoms with Crippen LogP contribution >= 0.6 is 0 Å². The molecule has 1 aliphatic carbocycles. The molecule has 10 nitrogen and oxygen atoms in total. The van der Waals surface area contributed by atoms with E-state index in [4.69, 9.17) is 18.9 Å². The molecule has 6 rings (SSSR count). The number of aldehydes is 1. The van der Waals surface area contributed by atoms with Crippen LogP contribution in [0, 0.1) is 23.2 Å². The zero-order chi connectivity index (χ0) is 34.3. The Labute approximate surface area is 280 Å². The number of hydrogen-bond donors (Lipinski definition) is 0. The zero-order valence-electron chi connectivity index (χ0n) is 28.3. The number of alkyl halides is 2. The Balaban J connectivity index is 1.42. The summed E-state index contributed by atoms with van der Waals surface area (Å²) in [5, 5.41) is 0. The molecule has 2 bridgehead atoms. The first kappa shape index (κ1) is 34.5. The van der Waals surface area contributed by atoms with E-state index in [-0.39, 0.29) is 42.6 Å². The smallest absolute Gasteiger partial charge is 0.307 e. The van der Waals surface area contributed by atoms with Crippen molar-refractivity contribution in [3.05, 3.63) is 23.9 Å². The molecule has 6 atom stereocenters. The van der Waals surface area contributed by atoms with Gasteiger partial charge in [0.05, 0.1) is 43.1 Å². The molecule has 1 amide bonds. The van der Waals surface area contributed by atoms with E-state index in [1.165, 1.54) is 12.0 Å². The molecule has 12 heteroatoms. The van der Waals surface area contributed by atoms with Crippen LogP contribution in [0.1, 0.15) is 90.7 Å². The van der Waals surface area contributed by atoms with Gasteiger partial charge in [0.15, 0.2) is 5.69 Å². The molecule has 0 N–H and O–H groups in total. The number of carbonyl (C=O) groups is 3. The van der Waals surface area contributed by atoms with Crippen LogP contribution in [0.15, 0.2) is 18.2 Å². The van der Waals surface area contributed by atoms with Gasteiger partial charge < -0.3 is 28.6 Å². The average molecular weight is 672 g/mol. The van der Waals surface area contributed by atoms with Crippen LogP contribution in [0.25, 0.3) is 11.0 Å². The number of methoxy groups -OCH3 is 1. The molecule has 3 fully saturated rings. The lowest BCUT2D eigenvalue weighted by Gasteiger charge is -2.42. The highest BCUT2D eigenvalue weighted by molar-refractivity contribution is 5.87. The summed E-state index contributed by atoms with van der Waals surface area (Å²) in [6.45, 7) is 6.56. The average Bonchev–Trinajstić information content (AvgIpc) is 3.58. The van der Waals surface area contributed by atoms with Crippen LogP contribution in [-0.4, -0.2) is 77.6 Å². The molecule has 48 heavy (non-hydrogen) atoms. The molecule has 1 aromatic carbocycles. The summed E-state index contributed by atoms with van der Waals surface area (Å²) in [6, 6.07) is 3.94. The van der Waals surface area contributed by atoms with E-state index >= 15 is 8.78 Å². The predicted octanol–water partition coefficient (Wildman–Crippen LogP) is 6.02. The van der Waals surface area contributed by atoms with Crippen molar-refractivity contribution in [2.75, 3.05) is 26.9 Å². The van der Waals surface area contributed by atoms with Crippen molar-refractivity contribution in [1.82, 2.24) is 14.9 Å². The molecule has 1 aromatic heterocycles. The minimum Gasteiger partial charge on any atom is -0.497 e. The summed E-state index contributed by atoms with van der Waals surface area (Å²) in [4.78, 5) is 51.2. The van der Waals surface area contributed by atoms with Gasteiger partial charge in [0, 0.05) is 31.6 Å². The summed E-state index contributed by atoms with van der Waals surface area (Å²) in [7, 11) is 1.50. The third-order valence-electron chi connectivity index (χ3n) is 11.6. The first-order valence-electron chi connectivity index (χ1n) is 17.3. The van der Waals surface area contributed by atoms with Gasteiger partial charge in [0.2, 0.25) is 11.8 Å². The Morgan fingerprint density at radius 1 is 1.00 bits per heavy atom. The second-order valence-corrected chi connectivity index (χ2v) is 14.7. The lowest BCUT2D eigenvalue weighted by molar-refractivity contribution is -0.168. The van der Waals surface area contributed by atoms with E-state index in [9.17, 15) is 14.4 Å². The third-order valence-corrected chi connectivity index (χ3v) is 11.6. The van der Waals surface area contributed by atoms with Crippen molar-refractivity contribution in [3.8, 4) is 11.6 Å². The van der Waals surface area contributed by atoms with Gasteiger partial charge in [-0.25, -0.2) is 9.97 Å². The summed E-state index contributed by atoms with van der Waals surface area (Å²) >= 11 is 0. The highest BCUT2D eigenvalue weighted by Crippen LogP contribution is 2.46. The maximum absolute atomic E-state index is 16.1. The molecule has 3 aliphatic heterocycles. The van der Waals surface area contributed by atoms with Gasteiger partial charge in [0.1, 0.15) is 23.7 Å². The number of aromatic nitrogens is 2. The van der Waals surface area contributed by atoms with Gasteiger partial charge in [-0.1, -0.05) is 20.3 Å². The molecule has 2 aromatic rings. The van der Waals surface area contributed by atoms with Crippen LogP contribution in [0.5, 0.6) is 11.6 Å². The summed E-state index contributed by atoms with van der Waals surface area (Å²) in [5.74, 6) is -5.28. The molecule has 0 unspecified atom stereocenters. The molecule has 262 valence electrons. The first-order chi connectivity index (χ1) is 22.9. The molecular weight excluding hydrogens is 624 g/mol. The number of esters is 1. The van der Waals surface area contributed by atoms with E-state index in [0.29, 0.717) is 62.9 Å². The topological polar surface area (TPSA) is 117 Å². The highest BCUT2D eigenvalue weighted by atomic mass is 19.3. The SMILES string of the molecule is COc1ccc2nc3c(nc2c1)O[C@H]1CN(C(=O)[C@H](C2(C)CCOCC2)CC(=O)O[C@]2(C)CCC[C@H]2CCCCC3(F)F)[C@H](C=O)[C@@H]1C. The van der Waals surface area contributed by atoms with Gasteiger partial charge in [0.25, 0.3) is 5.92 Å². The minimum absolute atomic E-state index is 0.0238. The van der Waals surface area contributed by atoms with Crippen molar-refractivity contribution in [2.24, 2.45) is 23.2 Å². The maximum atomic E-state index is 16.1. The minimum atomic E-state index is -3.36. The number of carbonyl (C=O) groups excluding carboxylic acids is 3. The Kier molecular flexibility index (Phi) is 9.67. The van der Waals surface area contributed by atoms with Gasteiger partial charge in [-0.3, -0.25) is 9.59 Å². The molecule has 1 saturated carbocycles. The van der Waals surface area contributed by atoms with E-state index in [1.54, 1.807) is 25.1 Å². The Bertz CT molecular complexity index is 1530. The Morgan fingerprint density at radius 3 is 2.48 bits per heavy atom. The standard InChI is InChI=1S/C36H47F2N3O7/c1-22-28(21-42)41-20-29(22)47-32-31(39-26-11-10-24(45-4)18-27(26)40-32)36(37,38)13-6-5-8-23-9-7-12-35(23,3)48-30(43)19-25(33(41)44)34(2)14-16-46-17-15-34/h10-11,18,21-23,25,28-29H,5-9,12-17,19-20H2,1-4H3/t22-,23+,25+,28+,29-,35+/m0/s1. The number of amides is 1. The number of halogens is 2. The normalized spacial score (nSPS) is 32.7. The lowest BCUT2D eigenvalue weighted by Crippen LogP contribution is -2.49. The van der Waals surface area contributed by atoms with Crippen molar-refractivity contribution < 1.29 is 42.1 Å². The third kappa shape index (κ3) is 6.61. The monoisotopic (exact) mass is 671 g/mol. The second kappa shape index (κ2) is 13.5. The van der Waals surface area contributed by atoms with E-state index in [0.717, 1.165) is 12.8 Å². The Hall–Kier alpha value is -3.41. The largest absolute Gasteiger partial charge is 0.497 e. The molecule has 2 saturated heterocycles. The van der Waals surface area contributed by atoms with Crippen LogP contribution in [0.4, 0.5) is 8.78 Å². The van der Waals surface area contributed by atoms with E-state index in [1.807, 2.05) is 13.8 Å². The predicted molar refractivity (Wildman–Crippen MR) is 172 cm³/mol. The van der Waals surface area contributed by atoms with Crippen molar-refractivity contribution in [1.29, 1.82) is 0 Å². The molecule has 0 radical (unpaired) electrons. The number of rotatable bonds is 3. The molecular formula is C36H47F2N3O7. The van der Waals surface area contributed by atoms with Crippen molar-refractivity contribution in [2.45, 2.75) is 109 Å². The molecule has 0 spiro atoms. The van der Waals surface area contributed by atoms with Crippen LogP contribution < -0.4 is 9.47 Å². The number of benzene rings is 1. The Morgan fingerprint density at radius 2 is 1.75 bits per heavy atom. The fourth-order valence-electron chi connectivity index (χ4n) is 8.31. The van der Waals surface area contributed by atoms with E-state index < -0.39 is 59.0 Å². The molecule has 4 heterocycles.